The molecule has 0 unspecified atom stereocenters. The van der Waals surface area contributed by atoms with Crippen molar-refractivity contribution in [2.24, 2.45) is 0 Å². The third-order valence-corrected chi connectivity index (χ3v) is 7.24. The molecule has 3 aromatic carbocycles. The highest BCUT2D eigenvalue weighted by atomic mass is 32.2. The minimum absolute atomic E-state index is 0.158. The van der Waals surface area contributed by atoms with E-state index in [1.807, 2.05) is 6.92 Å². The first-order chi connectivity index (χ1) is 16.3. The molecule has 1 aromatic heterocycles. The van der Waals surface area contributed by atoms with Crippen LogP contribution in [0.1, 0.15) is 5.56 Å². The molecule has 2 amide bonds. The van der Waals surface area contributed by atoms with E-state index in [9.17, 15) is 13.2 Å². The van der Waals surface area contributed by atoms with Crippen molar-refractivity contribution in [3.63, 3.8) is 0 Å². The summed E-state index contributed by atoms with van der Waals surface area (Å²) in [5.74, 6) is 1.08. The van der Waals surface area contributed by atoms with E-state index in [0.717, 1.165) is 10.3 Å². The van der Waals surface area contributed by atoms with E-state index in [1.165, 1.54) is 25.6 Å². The molecule has 34 heavy (non-hydrogen) atoms. The fourth-order valence-corrected chi connectivity index (χ4v) is 5.19. The van der Waals surface area contributed by atoms with Gasteiger partial charge in [-0.2, -0.15) is 0 Å². The first kappa shape index (κ1) is 23.3. The molecule has 0 bridgehead atoms. The molecule has 0 atom stereocenters. The molecule has 0 saturated heterocycles. The SMILES string of the molecule is COc1cc(NC(=O)Nc2ccc3sc(NS(=O)(=O)c4ccc(C)cc4)nc3c2)cc(OC)c1. The summed E-state index contributed by atoms with van der Waals surface area (Å²) in [6.07, 6.45) is 0. The van der Waals surface area contributed by atoms with E-state index in [2.05, 4.69) is 20.3 Å². The van der Waals surface area contributed by atoms with E-state index in [1.54, 1.807) is 60.7 Å². The molecule has 176 valence electrons. The molecule has 0 radical (unpaired) electrons. The summed E-state index contributed by atoms with van der Waals surface area (Å²) in [6, 6.07) is 16.3. The summed E-state index contributed by atoms with van der Waals surface area (Å²) in [7, 11) is -0.706. The predicted molar refractivity (Wildman–Crippen MR) is 134 cm³/mol. The number of aryl methyl sites for hydroxylation is 1. The minimum Gasteiger partial charge on any atom is -0.497 e. The van der Waals surface area contributed by atoms with Crippen LogP contribution >= 0.6 is 11.3 Å². The maximum absolute atomic E-state index is 12.6. The number of urea groups is 1. The number of nitrogens with one attached hydrogen (secondary N) is 3. The molecule has 0 saturated carbocycles. The Hall–Kier alpha value is -3.83. The molecule has 0 aliphatic heterocycles. The van der Waals surface area contributed by atoms with Gasteiger partial charge in [0.25, 0.3) is 10.0 Å². The number of carbonyl (C=O) groups is 1. The molecule has 0 spiro atoms. The van der Waals surface area contributed by atoms with Crippen molar-refractivity contribution < 1.29 is 22.7 Å². The van der Waals surface area contributed by atoms with E-state index in [0.29, 0.717) is 28.4 Å². The number of amides is 2. The van der Waals surface area contributed by atoms with Crippen molar-refractivity contribution in [3.05, 3.63) is 66.2 Å². The largest absolute Gasteiger partial charge is 0.497 e. The second kappa shape index (κ2) is 9.57. The lowest BCUT2D eigenvalue weighted by Crippen LogP contribution is -2.19. The Morgan fingerprint density at radius 2 is 1.53 bits per heavy atom. The number of benzene rings is 3. The second-order valence-electron chi connectivity index (χ2n) is 7.30. The Kier molecular flexibility index (Phi) is 6.57. The molecule has 4 rings (SSSR count). The number of fused-ring (bicyclic) bond motifs is 1. The van der Waals surface area contributed by atoms with Crippen LogP contribution in [0.25, 0.3) is 10.2 Å². The molecular formula is C23H22N4O5S2. The smallest absolute Gasteiger partial charge is 0.323 e. The number of anilines is 3. The minimum atomic E-state index is -3.76. The zero-order chi connectivity index (χ0) is 24.3. The molecule has 0 aliphatic rings. The summed E-state index contributed by atoms with van der Waals surface area (Å²) in [5.41, 5.74) is 2.51. The Bertz CT molecular complexity index is 1430. The monoisotopic (exact) mass is 498 g/mol. The van der Waals surface area contributed by atoms with Crippen LogP contribution in [0.4, 0.5) is 21.3 Å². The number of methoxy groups -OCH3 is 2. The molecule has 4 aromatic rings. The number of nitrogens with zero attached hydrogens (tertiary/aromatic N) is 1. The number of aromatic nitrogens is 1. The molecule has 11 heteroatoms. The van der Waals surface area contributed by atoms with Gasteiger partial charge in [0.05, 0.1) is 29.3 Å². The maximum Gasteiger partial charge on any atom is 0.323 e. The van der Waals surface area contributed by atoms with Crippen LogP contribution in [0.2, 0.25) is 0 Å². The highest BCUT2D eigenvalue weighted by Gasteiger charge is 2.17. The van der Waals surface area contributed by atoms with Crippen LogP contribution in [0.3, 0.4) is 0 Å². The van der Waals surface area contributed by atoms with Gasteiger partial charge in [-0.1, -0.05) is 29.0 Å². The summed E-state index contributed by atoms with van der Waals surface area (Å²) < 4.78 is 39.0. The number of carbonyl (C=O) groups excluding carboxylic acids is 1. The van der Waals surface area contributed by atoms with Gasteiger partial charge in [0.1, 0.15) is 11.5 Å². The third kappa shape index (κ3) is 5.38. The van der Waals surface area contributed by atoms with Crippen LogP contribution in [-0.2, 0) is 10.0 Å². The van der Waals surface area contributed by atoms with Crippen LogP contribution in [-0.4, -0.2) is 33.7 Å². The van der Waals surface area contributed by atoms with Crippen molar-refractivity contribution in [2.45, 2.75) is 11.8 Å². The zero-order valence-corrected chi connectivity index (χ0v) is 20.2. The van der Waals surface area contributed by atoms with Gasteiger partial charge in [-0.05, 0) is 37.3 Å². The molecule has 0 fully saturated rings. The zero-order valence-electron chi connectivity index (χ0n) is 18.6. The molecule has 0 aliphatic carbocycles. The van der Waals surface area contributed by atoms with Crippen LogP contribution in [0.15, 0.2) is 65.6 Å². The van der Waals surface area contributed by atoms with Crippen LogP contribution < -0.4 is 24.8 Å². The van der Waals surface area contributed by atoms with Crippen molar-refractivity contribution in [1.29, 1.82) is 0 Å². The number of rotatable bonds is 7. The Balaban J connectivity index is 1.48. The molecule has 9 nitrogen and oxygen atoms in total. The fraction of sp³-hybridized carbons (Fsp3) is 0.130. The van der Waals surface area contributed by atoms with Crippen molar-refractivity contribution in [1.82, 2.24) is 4.98 Å². The number of sulfonamides is 1. The van der Waals surface area contributed by atoms with Crippen molar-refractivity contribution >= 4 is 54.1 Å². The van der Waals surface area contributed by atoms with Gasteiger partial charge in [-0.3, -0.25) is 4.72 Å². The average Bonchev–Trinajstić information content (AvgIpc) is 3.19. The summed E-state index contributed by atoms with van der Waals surface area (Å²) >= 11 is 1.20. The summed E-state index contributed by atoms with van der Waals surface area (Å²) in [4.78, 5) is 17.0. The van der Waals surface area contributed by atoms with E-state index < -0.39 is 16.1 Å². The third-order valence-electron chi connectivity index (χ3n) is 4.81. The van der Waals surface area contributed by atoms with E-state index in [4.69, 9.17) is 9.47 Å². The number of hydrogen-bond acceptors (Lipinski definition) is 7. The standard InChI is InChI=1S/C23H22N4O5S2/c1-14-4-7-19(8-5-14)34(29,30)27-23-26-20-12-15(6-9-21(20)33-23)24-22(28)25-16-10-17(31-2)13-18(11-16)32-3/h4-13H,1-3H3,(H,26,27)(H2,24,25,28). The Labute approximate surface area is 200 Å². The lowest BCUT2D eigenvalue weighted by molar-refractivity contribution is 0.262. The topological polar surface area (TPSA) is 119 Å². The van der Waals surface area contributed by atoms with Gasteiger partial charge in [0.15, 0.2) is 5.13 Å². The molecule has 1 heterocycles. The van der Waals surface area contributed by atoms with Crippen molar-refractivity contribution in [2.75, 3.05) is 29.6 Å². The number of thiazole rings is 1. The van der Waals surface area contributed by atoms with Crippen LogP contribution in [0.5, 0.6) is 11.5 Å². The molecular weight excluding hydrogens is 476 g/mol. The van der Waals surface area contributed by atoms with E-state index in [-0.39, 0.29) is 10.0 Å². The normalized spacial score (nSPS) is 11.1. The van der Waals surface area contributed by atoms with Gasteiger partial charge >= 0.3 is 6.03 Å². The van der Waals surface area contributed by atoms with Gasteiger partial charge in [0.2, 0.25) is 0 Å². The predicted octanol–water partition coefficient (Wildman–Crippen LogP) is 5.07. The fourth-order valence-electron chi connectivity index (χ4n) is 3.11. The van der Waals surface area contributed by atoms with E-state index >= 15 is 0 Å². The van der Waals surface area contributed by atoms with Crippen molar-refractivity contribution in [3.8, 4) is 11.5 Å². The number of hydrogen-bond donors (Lipinski definition) is 3. The van der Waals surface area contributed by atoms with Gasteiger partial charge < -0.3 is 20.1 Å². The molecule has 3 N–H and O–H groups in total. The van der Waals surface area contributed by atoms with Crippen LogP contribution in [0, 0.1) is 6.92 Å². The lowest BCUT2D eigenvalue weighted by Gasteiger charge is -2.11. The highest BCUT2D eigenvalue weighted by Crippen LogP contribution is 2.30. The summed E-state index contributed by atoms with van der Waals surface area (Å²) in [5, 5.41) is 5.70. The van der Waals surface area contributed by atoms with Gasteiger partial charge in [-0.15, -0.1) is 0 Å². The quantitative estimate of drug-likeness (QED) is 0.327. The Morgan fingerprint density at radius 1 is 0.882 bits per heavy atom. The lowest BCUT2D eigenvalue weighted by atomic mass is 10.2. The van der Waals surface area contributed by atoms with Gasteiger partial charge in [-0.25, -0.2) is 18.2 Å². The summed E-state index contributed by atoms with van der Waals surface area (Å²) in [6.45, 7) is 1.89. The van der Waals surface area contributed by atoms with Gasteiger partial charge in [0, 0.05) is 29.6 Å². The first-order valence-electron chi connectivity index (χ1n) is 10.1. The maximum atomic E-state index is 12.6. The average molecular weight is 499 g/mol. The second-order valence-corrected chi connectivity index (χ2v) is 10.0. The first-order valence-corrected chi connectivity index (χ1v) is 12.4. The Morgan fingerprint density at radius 3 is 2.18 bits per heavy atom. The number of ether oxygens (including phenoxy) is 2. The highest BCUT2D eigenvalue weighted by molar-refractivity contribution is 7.93.